The molecule has 1 fully saturated rings. The molecule has 120 valence electrons. The lowest BCUT2D eigenvalue weighted by Crippen LogP contribution is -2.41. The Hall–Kier alpha value is -2.27. The molecule has 23 heavy (non-hydrogen) atoms. The SMILES string of the molecule is C=C(Cl)C(=O)N1CCC(Oc2ccc3ccc(=O)oc3c2)CC1. The summed E-state index contributed by atoms with van der Waals surface area (Å²) in [7, 11) is 0. The van der Waals surface area contributed by atoms with Gasteiger partial charge in [0.2, 0.25) is 0 Å². The number of nitrogens with zero attached hydrogens (tertiary/aromatic N) is 1. The van der Waals surface area contributed by atoms with Crippen molar-refractivity contribution in [2.75, 3.05) is 13.1 Å². The fourth-order valence-corrected chi connectivity index (χ4v) is 2.77. The zero-order chi connectivity index (χ0) is 16.4. The fourth-order valence-electron chi connectivity index (χ4n) is 2.66. The second-order valence-corrected chi connectivity index (χ2v) is 5.92. The van der Waals surface area contributed by atoms with Gasteiger partial charge in [0.25, 0.3) is 5.91 Å². The number of hydrogen-bond donors (Lipinski definition) is 0. The van der Waals surface area contributed by atoms with Crippen molar-refractivity contribution in [1.82, 2.24) is 4.90 Å². The molecule has 2 aromatic rings. The molecular formula is C17H16ClNO4. The summed E-state index contributed by atoms with van der Waals surface area (Å²) in [4.78, 5) is 24.7. The maximum Gasteiger partial charge on any atom is 0.336 e. The van der Waals surface area contributed by atoms with Gasteiger partial charge < -0.3 is 14.1 Å². The molecule has 0 unspecified atom stereocenters. The van der Waals surface area contributed by atoms with Gasteiger partial charge >= 0.3 is 5.63 Å². The highest BCUT2D eigenvalue weighted by molar-refractivity contribution is 6.41. The van der Waals surface area contributed by atoms with Gasteiger partial charge in [0.05, 0.1) is 5.03 Å². The van der Waals surface area contributed by atoms with E-state index < -0.39 is 0 Å². The quantitative estimate of drug-likeness (QED) is 0.640. The van der Waals surface area contributed by atoms with Gasteiger partial charge in [-0.2, -0.15) is 0 Å². The van der Waals surface area contributed by atoms with Crippen LogP contribution in [0.3, 0.4) is 0 Å². The molecule has 1 aromatic carbocycles. The van der Waals surface area contributed by atoms with Crippen molar-refractivity contribution >= 4 is 28.5 Å². The largest absolute Gasteiger partial charge is 0.490 e. The normalized spacial score (nSPS) is 15.6. The Bertz CT molecular complexity index is 806. The zero-order valence-corrected chi connectivity index (χ0v) is 13.2. The number of hydrogen-bond acceptors (Lipinski definition) is 4. The Labute approximate surface area is 138 Å². The van der Waals surface area contributed by atoms with Crippen LogP contribution in [0.15, 0.2) is 51.2 Å². The number of amides is 1. The van der Waals surface area contributed by atoms with Gasteiger partial charge in [0.1, 0.15) is 17.4 Å². The molecule has 5 nitrogen and oxygen atoms in total. The van der Waals surface area contributed by atoms with Crippen molar-refractivity contribution in [2.45, 2.75) is 18.9 Å². The van der Waals surface area contributed by atoms with E-state index in [1.165, 1.54) is 6.07 Å². The van der Waals surface area contributed by atoms with Crippen LogP contribution in [0.5, 0.6) is 5.75 Å². The van der Waals surface area contributed by atoms with Crippen LogP contribution in [0.2, 0.25) is 0 Å². The third kappa shape index (κ3) is 3.56. The van der Waals surface area contributed by atoms with E-state index in [1.54, 1.807) is 17.0 Å². The highest BCUT2D eigenvalue weighted by Gasteiger charge is 2.24. The number of likely N-dealkylation sites (tertiary alicyclic amines) is 1. The summed E-state index contributed by atoms with van der Waals surface area (Å²) < 4.78 is 11.1. The highest BCUT2D eigenvalue weighted by Crippen LogP contribution is 2.23. The van der Waals surface area contributed by atoms with E-state index in [9.17, 15) is 9.59 Å². The molecule has 0 aliphatic carbocycles. The predicted molar refractivity (Wildman–Crippen MR) is 87.7 cm³/mol. The number of halogens is 1. The van der Waals surface area contributed by atoms with Crippen LogP contribution >= 0.6 is 11.6 Å². The first kappa shape index (κ1) is 15.6. The molecule has 0 N–H and O–H groups in total. The smallest absolute Gasteiger partial charge is 0.336 e. The average Bonchev–Trinajstić information content (AvgIpc) is 2.54. The number of carbonyl (C=O) groups is 1. The molecule has 2 heterocycles. The number of rotatable bonds is 3. The average molecular weight is 334 g/mol. The lowest BCUT2D eigenvalue weighted by atomic mass is 10.1. The van der Waals surface area contributed by atoms with Gasteiger partial charge in [-0.25, -0.2) is 4.79 Å². The first-order chi connectivity index (χ1) is 11.0. The Morgan fingerprint density at radius 3 is 2.65 bits per heavy atom. The van der Waals surface area contributed by atoms with E-state index in [0.717, 1.165) is 5.39 Å². The van der Waals surface area contributed by atoms with Crippen molar-refractivity contribution in [1.29, 1.82) is 0 Å². The van der Waals surface area contributed by atoms with Crippen molar-refractivity contribution in [2.24, 2.45) is 0 Å². The van der Waals surface area contributed by atoms with Crippen molar-refractivity contribution in [3.63, 3.8) is 0 Å². The minimum absolute atomic E-state index is 0.00975. The lowest BCUT2D eigenvalue weighted by molar-refractivity contribution is -0.128. The third-order valence-corrected chi connectivity index (χ3v) is 4.02. The molecule has 1 saturated heterocycles. The molecule has 0 atom stereocenters. The number of benzene rings is 1. The van der Waals surface area contributed by atoms with Crippen LogP contribution in [-0.4, -0.2) is 30.0 Å². The molecule has 0 bridgehead atoms. The van der Waals surface area contributed by atoms with Crippen LogP contribution in [0.1, 0.15) is 12.8 Å². The Balaban J connectivity index is 1.66. The topological polar surface area (TPSA) is 59.8 Å². The van der Waals surface area contributed by atoms with E-state index in [1.807, 2.05) is 12.1 Å². The van der Waals surface area contributed by atoms with Crippen LogP contribution in [0, 0.1) is 0 Å². The first-order valence-electron chi connectivity index (χ1n) is 7.37. The van der Waals surface area contributed by atoms with E-state index >= 15 is 0 Å². The second kappa shape index (κ2) is 6.46. The van der Waals surface area contributed by atoms with Gasteiger partial charge in [-0.15, -0.1) is 0 Å². The lowest BCUT2D eigenvalue weighted by Gasteiger charge is -2.32. The standard InChI is InChI=1S/C17H16ClNO4/c1-11(18)17(21)19-8-6-13(7-9-19)22-14-4-2-12-3-5-16(20)23-15(12)10-14/h2-5,10,13H,1,6-9H2. The molecular weight excluding hydrogens is 318 g/mol. The van der Waals surface area contributed by atoms with E-state index in [2.05, 4.69) is 6.58 Å². The Morgan fingerprint density at radius 2 is 1.96 bits per heavy atom. The van der Waals surface area contributed by atoms with Crippen molar-refractivity contribution < 1.29 is 13.9 Å². The highest BCUT2D eigenvalue weighted by atomic mass is 35.5. The molecule has 6 heteroatoms. The van der Waals surface area contributed by atoms with Gasteiger partial charge in [0.15, 0.2) is 0 Å². The van der Waals surface area contributed by atoms with Crippen molar-refractivity contribution in [3.05, 3.63) is 52.4 Å². The van der Waals surface area contributed by atoms with Gasteiger partial charge in [-0.3, -0.25) is 4.79 Å². The minimum atomic E-state index is -0.386. The summed E-state index contributed by atoms with van der Waals surface area (Å²) >= 11 is 5.64. The van der Waals surface area contributed by atoms with Crippen LogP contribution < -0.4 is 10.4 Å². The van der Waals surface area contributed by atoms with E-state index in [0.29, 0.717) is 37.3 Å². The summed E-state index contributed by atoms with van der Waals surface area (Å²) in [5, 5.41) is 0.881. The first-order valence-corrected chi connectivity index (χ1v) is 7.75. The molecule has 0 saturated carbocycles. The molecule has 0 radical (unpaired) electrons. The third-order valence-electron chi connectivity index (χ3n) is 3.86. The summed E-state index contributed by atoms with van der Waals surface area (Å²) in [5.41, 5.74) is 0.115. The van der Waals surface area contributed by atoms with Crippen LogP contribution in [0.4, 0.5) is 0 Å². The molecule has 0 spiro atoms. The molecule has 1 amide bonds. The number of ether oxygens (including phenoxy) is 1. The maximum absolute atomic E-state index is 11.8. The molecule has 1 aliphatic rings. The predicted octanol–water partition coefficient (Wildman–Crippen LogP) is 2.92. The molecule has 3 rings (SSSR count). The second-order valence-electron chi connectivity index (χ2n) is 5.47. The monoisotopic (exact) mass is 333 g/mol. The summed E-state index contributed by atoms with van der Waals surface area (Å²) in [6.07, 6.45) is 1.44. The summed E-state index contributed by atoms with van der Waals surface area (Å²) in [5.74, 6) is 0.427. The maximum atomic E-state index is 11.8. The molecule has 1 aliphatic heterocycles. The number of carbonyl (C=O) groups excluding carboxylic acids is 1. The van der Waals surface area contributed by atoms with Gasteiger partial charge in [0, 0.05) is 43.5 Å². The van der Waals surface area contributed by atoms with Crippen molar-refractivity contribution in [3.8, 4) is 5.75 Å². The fraction of sp³-hybridized carbons (Fsp3) is 0.294. The summed E-state index contributed by atoms with van der Waals surface area (Å²) in [6, 6.07) is 8.52. The Kier molecular flexibility index (Phi) is 4.39. The minimum Gasteiger partial charge on any atom is -0.490 e. The number of piperidine rings is 1. The molecule has 1 aromatic heterocycles. The summed E-state index contributed by atoms with van der Waals surface area (Å²) in [6.45, 7) is 4.62. The van der Waals surface area contributed by atoms with Gasteiger partial charge in [-0.05, 0) is 18.2 Å². The van der Waals surface area contributed by atoms with Crippen LogP contribution in [0.25, 0.3) is 11.0 Å². The van der Waals surface area contributed by atoms with Gasteiger partial charge in [-0.1, -0.05) is 18.2 Å². The zero-order valence-electron chi connectivity index (χ0n) is 12.5. The van der Waals surface area contributed by atoms with E-state index in [-0.39, 0.29) is 22.7 Å². The Morgan fingerprint density at radius 1 is 1.26 bits per heavy atom. The van der Waals surface area contributed by atoms with E-state index in [4.69, 9.17) is 20.8 Å². The van der Waals surface area contributed by atoms with Crippen LogP contribution in [-0.2, 0) is 4.79 Å². The number of fused-ring (bicyclic) bond motifs is 1.